The zero-order valence-electron chi connectivity index (χ0n) is 18.3. The number of benzene rings is 2. The second-order valence-electron chi connectivity index (χ2n) is 7.79. The minimum atomic E-state index is -4.81. The Bertz CT molecular complexity index is 1630. The largest absolute Gasteiger partial charge is 0.433 e. The molecule has 0 saturated heterocycles. The maximum Gasteiger partial charge on any atom is 0.433 e. The van der Waals surface area contributed by atoms with Crippen LogP contribution in [0.25, 0.3) is 16.9 Å². The number of nitrogens with zero attached hydrogens (tertiary/aromatic N) is 6. The topological polar surface area (TPSA) is 90.0 Å². The SMILES string of the molecule is O=C(Nc1ncn(Cc2ccc(Cl)cc2Cl)n1)c1cc2nc(-c3ccc(F)cc3)cc(C(F)(F)F)n2n1. The lowest BCUT2D eigenvalue weighted by Gasteiger charge is -2.11. The van der Waals surface area contributed by atoms with E-state index in [2.05, 4.69) is 25.5 Å². The monoisotopic (exact) mass is 549 g/mol. The zero-order valence-corrected chi connectivity index (χ0v) is 19.9. The number of halogens is 6. The molecule has 0 aliphatic heterocycles. The average Bonchev–Trinajstić information content (AvgIpc) is 3.47. The summed E-state index contributed by atoms with van der Waals surface area (Å²) in [6, 6.07) is 11.7. The Kier molecular flexibility index (Phi) is 6.30. The highest BCUT2D eigenvalue weighted by Gasteiger charge is 2.35. The molecule has 14 heteroatoms. The number of rotatable bonds is 5. The first-order valence-corrected chi connectivity index (χ1v) is 11.2. The third-order valence-corrected chi connectivity index (χ3v) is 5.79. The molecule has 0 spiro atoms. The van der Waals surface area contributed by atoms with Crippen molar-refractivity contribution in [2.24, 2.45) is 0 Å². The van der Waals surface area contributed by atoms with Gasteiger partial charge in [-0.3, -0.25) is 10.1 Å². The van der Waals surface area contributed by atoms with Gasteiger partial charge in [0.15, 0.2) is 17.0 Å². The highest BCUT2D eigenvalue weighted by Crippen LogP contribution is 2.32. The van der Waals surface area contributed by atoms with Gasteiger partial charge in [-0.1, -0.05) is 29.3 Å². The van der Waals surface area contributed by atoms with Gasteiger partial charge in [-0.05, 0) is 48.0 Å². The number of hydrogen-bond donors (Lipinski definition) is 1. The number of alkyl halides is 3. The van der Waals surface area contributed by atoms with Crippen molar-refractivity contribution in [2.45, 2.75) is 12.7 Å². The first-order chi connectivity index (χ1) is 17.6. The molecule has 0 radical (unpaired) electrons. The molecule has 5 aromatic rings. The fourth-order valence-corrected chi connectivity index (χ4v) is 3.94. The lowest BCUT2D eigenvalue weighted by Crippen LogP contribution is -2.16. The van der Waals surface area contributed by atoms with Crippen LogP contribution in [0.5, 0.6) is 0 Å². The van der Waals surface area contributed by atoms with E-state index in [9.17, 15) is 22.4 Å². The Balaban J connectivity index is 1.42. The molecule has 0 bridgehead atoms. The van der Waals surface area contributed by atoms with Gasteiger partial charge in [0.05, 0.1) is 12.2 Å². The summed E-state index contributed by atoms with van der Waals surface area (Å²) in [7, 11) is 0. The summed E-state index contributed by atoms with van der Waals surface area (Å²) in [5, 5.41) is 11.2. The summed E-state index contributed by atoms with van der Waals surface area (Å²) >= 11 is 12.1. The summed E-state index contributed by atoms with van der Waals surface area (Å²) in [6.45, 7) is 0.234. The Morgan fingerprint density at radius 1 is 1.00 bits per heavy atom. The second-order valence-corrected chi connectivity index (χ2v) is 8.63. The first kappa shape index (κ1) is 24.7. The minimum Gasteiger partial charge on any atom is -0.288 e. The molecule has 0 saturated carbocycles. The van der Waals surface area contributed by atoms with Crippen molar-refractivity contribution in [3.05, 3.63) is 93.7 Å². The normalized spacial score (nSPS) is 11.7. The Labute approximate surface area is 215 Å². The highest BCUT2D eigenvalue weighted by molar-refractivity contribution is 6.35. The molecule has 37 heavy (non-hydrogen) atoms. The van der Waals surface area contributed by atoms with Crippen LogP contribution in [0.2, 0.25) is 10.0 Å². The van der Waals surface area contributed by atoms with Crippen LogP contribution in [0.15, 0.2) is 60.9 Å². The van der Waals surface area contributed by atoms with E-state index in [0.717, 1.165) is 24.3 Å². The van der Waals surface area contributed by atoms with Crippen molar-refractivity contribution in [1.82, 2.24) is 29.4 Å². The zero-order chi connectivity index (χ0) is 26.3. The summed E-state index contributed by atoms with van der Waals surface area (Å²) in [4.78, 5) is 20.9. The molecule has 5 rings (SSSR count). The number of carbonyl (C=O) groups excluding carboxylic acids is 1. The number of hydrogen-bond acceptors (Lipinski definition) is 5. The van der Waals surface area contributed by atoms with Crippen molar-refractivity contribution < 1.29 is 22.4 Å². The van der Waals surface area contributed by atoms with Gasteiger partial charge >= 0.3 is 6.18 Å². The van der Waals surface area contributed by atoms with Gasteiger partial charge in [0.1, 0.15) is 12.1 Å². The van der Waals surface area contributed by atoms with E-state index in [0.29, 0.717) is 20.1 Å². The Morgan fingerprint density at radius 2 is 1.76 bits per heavy atom. The molecule has 1 N–H and O–H groups in total. The average molecular weight is 550 g/mol. The van der Waals surface area contributed by atoms with E-state index in [1.54, 1.807) is 18.2 Å². The van der Waals surface area contributed by atoms with Crippen molar-refractivity contribution in [1.29, 1.82) is 0 Å². The molecule has 0 aliphatic carbocycles. The van der Waals surface area contributed by atoms with Crippen LogP contribution in [0, 0.1) is 5.82 Å². The van der Waals surface area contributed by atoms with E-state index in [1.807, 2.05) is 0 Å². The van der Waals surface area contributed by atoms with Crippen LogP contribution < -0.4 is 5.32 Å². The van der Waals surface area contributed by atoms with Crippen molar-refractivity contribution in [3.63, 3.8) is 0 Å². The Morgan fingerprint density at radius 3 is 2.46 bits per heavy atom. The fourth-order valence-electron chi connectivity index (χ4n) is 3.47. The van der Waals surface area contributed by atoms with Crippen LogP contribution in [-0.4, -0.2) is 35.3 Å². The maximum atomic E-state index is 13.8. The van der Waals surface area contributed by atoms with Crippen molar-refractivity contribution >= 4 is 40.7 Å². The number of fused-ring (bicyclic) bond motifs is 1. The summed E-state index contributed by atoms with van der Waals surface area (Å²) < 4.78 is 56.5. The van der Waals surface area contributed by atoms with E-state index in [1.165, 1.54) is 23.1 Å². The lowest BCUT2D eigenvalue weighted by molar-refractivity contribution is -0.142. The molecule has 0 fully saturated rings. The molecule has 188 valence electrons. The maximum absolute atomic E-state index is 13.8. The molecule has 0 unspecified atom stereocenters. The number of anilines is 1. The molecule has 8 nitrogen and oxygen atoms in total. The van der Waals surface area contributed by atoms with E-state index < -0.39 is 23.6 Å². The van der Waals surface area contributed by atoms with Gasteiger partial charge in [-0.25, -0.2) is 23.6 Å². The second kappa shape index (κ2) is 9.45. The molecule has 0 aliphatic rings. The predicted octanol–water partition coefficient (Wildman–Crippen LogP) is 5.75. The number of aromatic nitrogens is 6. The quantitative estimate of drug-likeness (QED) is 0.282. The summed E-state index contributed by atoms with van der Waals surface area (Å²) in [5.74, 6) is -1.48. The van der Waals surface area contributed by atoms with Crippen LogP contribution in [0.4, 0.5) is 23.5 Å². The molecule has 1 amide bonds. The van der Waals surface area contributed by atoms with E-state index >= 15 is 0 Å². The highest BCUT2D eigenvalue weighted by atomic mass is 35.5. The smallest absolute Gasteiger partial charge is 0.288 e. The molecular weight excluding hydrogens is 537 g/mol. The molecule has 3 heterocycles. The number of carbonyl (C=O) groups is 1. The predicted molar refractivity (Wildman–Crippen MR) is 127 cm³/mol. The van der Waals surface area contributed by atoms with Crippen LogP contribution in [0.1, 0.15) is 21.7 Å². The minimum absolute atomic E-state index is 0.0621. The van der Waals surface area contributed by atoms with Gasteiger partial charge in [0.25, 0.3) is 5.91 Å². The third kappa shape index (κ3) is 5.25. The van der Waals surface area contributed by atoms with E-state index in [4.69, 9.17) is 23.2 Å². The first-order valence-electron chi connectivity index (χ1n) is 10.5. The summed E-state index contributed by atoms with van der Waals surface area (Å²) in [5.41, 5.74) is -0.818. The molecule has 2 aromatic carbocycles. The van der Waals surface area contributed by atoms with Gasteiger partial charge in [-0.2, -0.15) is 18.3 Å². The molecule has 0 atom stereocenters. The van der Waals surface area contributed by atoms with Gasteiger partial charge < -0.3 is 0 Å². The van der Waals surface area contributed by atoms with Crippen molar-refractivity contribution in [3.8, 4) is 11.3 Å². The lowest BCUT2D eigenvalue weighted by atomic mass is 10.1. The number of amides is 1. The molecule has 3 aromatic heterocycles. The van der Waals surface area contributed by atoms with Gasteiger partial charge in [0, 0.05) is 21.7 Å². The summed E-state index contributed by atoms with van der Waals surface area (Å²) in [6.07, 6.45) is -3.46. The van der Waals surface area contributed by atoms with Gasteiger partial charge in [0.2, 0.25) is 5.95 Å². The van der Waals surface area contributed by atoms with Crippen LogP contribution in [-0.2, 0) is 12.7 Å². The van der Waals surface area contributed by atoms with Crippen LogP contribution >= 0.6 is 23.2 Å². The molecular formula is C23H13Cl2F4N7O. The fraction of sp³-hybridized carbons (Fsp3) is 0.0870. The van der Waals surface area contributed by atoms with Crippen molar-refractivity contribution in [2.75, 3.05) is 5.32 Å². The van der Waals surface area contributed by atoms with Crippen LogP contribution in [0.3, 0.4) is 0 Å². The Hall–Kier alpha value is -4.03. The standard InChI is InChI=1S/C23H13Cl2F4N7O/c24-14-4-1-13(16(25)7-14)10-35-11-30-22(34-35)32-21(37)18-9-20-31-17(12-2-5-15(26)6-3-12)8-19(23(27,28)29)36(20)33-18/h1-9,11H,10H2,(H,32,34,37). The number of nitrogens with one attached hydrogen (secondary N) is 1. The third-order valence-electron chi connectivity index (χ3n) is 5.20. The van der Waals surface area contributed by atoms with Gasteiger partial charge in [-0.15, -0.1) is 5.10 Å². The van der Waals surface area contributed by atoms with E-state index in [-0.39, 0.29) is 35.1 Å².